The molecule has 0 saturated carbocycles. The first-order valence-corrected chi connectivity index (χ1v) is 6.83. The quantitative estimate of drug-likeness (QED) is 0.699. The van der Waals surface area contributed by atoms with Crippen LogP contribution in [0.3, 0.4) is 0 Å². The molecule has 0 saturated heterocycles. The standard InChI is InChI=1S/C15H26N2/c1-3-11-17(12-4-2)13-7-9-14-8-5-6-10-15(14)16/h5-6,8,10H,3-4,7,9,11-13,16H2,1-2H3. The molecule has 0 aromatic heterocycles. The van der Waals surface area contributed by atoms with E-state index in [4.69, 9.17) is 5.73 Å². The van der Waals surface area contributed by atoms with Gasteiger partial charge in [0.2, 0.25) is 0 Å². The number of anilines is 1. The molecular formula is C15H26N2. The molecule has 1 aromatic rings. The molecule has 0 aliphatic heterocycles. The lowest BCUT2D eigenvalue weighted by molar-refractivity contribution is 0.271. The summed E-state index contributed by atoms with van der Waals surface area (Å²) in [5.74, 6) is 0. The van der Waals surface area contributed by atoms with E-state index < -0.39 is 0 Å². The summed E-state index contributed by atoms with van der Waals surface area (Å²) in [6.45, 7) is 8.13. The van der Waals surface area contributed by atoms with E-state index in [0.717, 1.165) is 12.1 Å². The van der Waals surface area contributed by atoms with Crippen LogP contribution in [-0.2, 0) is 6.42 Å². The van der Waals surface area contributed by atoms with E-state index in [0.29, 0.717) is 0 Å². The van der Waals surface area contributed by atoms with Gasteiger partial charge in [0, 0.05) is 5.69 Å². The molecule has 0 unspecified atom stereocenters. The molecule has 1 rings (SSSR count). The van der Waals surface area contributed by atoms with Gasteiger partial charge < -0.3 is 10.6 Å². The first-order chi connectivity index (χ1) is 8.27. The highest BCUT2D eigenvalue weighted by Crippen LogP contribution is 2.13. The van der Waals surface area contributed by atoms with Gasteiger partial charge in [0.1, 0.15) is 0 Å². The summed E-state index contributed by atoms with van der Waals surface area (Å²) in [7, 11) is 0. The molecule has 2 N–H and O–H groups in total. The average Bonchev–Trinajstić information content (AvgIpc) is 2.32. The normalized spacial score (nSPS) is 11.0. The fourth-order valence-electron chi connectivity index (χ4n) is 2.22. The highest BCUT2D eigenvalue weighted by Gasteiger charge is 2.03. The minimum atomic E-state index is 0.935. The number of para-hydroxylation sites is 1. The zero-order chi connectivity index (χ0) is 12.5. The third-order valence-electron chi connectivity index (χ3n) is 3.06. The van der Waals surface area contributed by atoms with Crippen molar-refractivity contribution in [3.8, 4) is 0 Å². The minimum absolute atomic E-state index is 0.935. The number of aryl methyl sites for hydroxylation is 1. The topological polar surface area (TPSA) is 29.3 Å². The maximum Gasteiger partial charge on any atom is 0.0346 e. The number of rotatable bonds is 8. The zero-order valence-electron chi connectivity index (χ0n) is 11.3. The van der Waals surface area contributed by atoms with E-state index in [-0.39, 0.29) is 0 Å². The Balaban J connectivity index is 2.33. The van der Waals surface area contributed by atoms with Crippen LogP contribution in [0, 0.1) is 0 Å². The van der Waals surface area contributed by atoms with Crippen molar-refractivity contribution in [1.82, 2.24) is 4.90 Å². The average molecular weight is 234 g/mol. The molecule has 2 heteroatoms. The van der Waals surface area contributed by atoms with E-state index in [2.05, 4.69) is 30.9 Å². The fourth-order valence-corrected chi connectivity index (χ4v) is 2.22. The largest absolute Gasteiger partial charge is 0.399 e. The maximum absolute atomic E-state index is 5.94. The van der Waals surface area contributed by atoms with E-state index >= 15 is 0 Å². The molecule has 0 spiro atoms. The first-order valence-electron chi connectivity index (χ1n) is 6.83. The monoisotopic (exact) mass is 234 g/mol. The summed E-state index contributed by atoms with van der Waals surface area (Å²) < 4.78 is 0. The Labute approximate surface area is 106 Å². The van der Waals surface area contributed by atoms with Crippen molar-refractivity contribution >= 4 is 5.69 Å². The van der Waals surface area contributed by atoms with Gasteiger partial charge in [-0.15, -0.1) is 0 Å². The lowest BCUT2D eigenvalue weighted by Crippen LogP contribution is -2.26. The van der Waals surface area contributed by atoms with Crippen LogP contribution in [0.1, 0.15) is 38.7 Å². The van der Waals surface area contributed by atoms with Crippen LogP contribution >= 0.6 is 0 Å². The predicted octanol–water partition coefficient (Wildman–Crippen LogP) is 3.32. The summed E-state index contributed by atoms with van der Waals surface area (Å²) in [6, 6.07) is 8.20. The molecule has 0 radical (unpaired) electrons. The smallest absolute Gasteiger partial charge is 0.0346 e. The van der Waals surface area contributed by atoms with E-state index in [1.54, 1.807) is 0 Å². The number of nitrogens with two attached hydrogens (primary N) is 1. The number of nitrogens with zero attached hydrogens (tertiary/aromatic N) is 1. The van der Waals surface area contributed by atoms with Gasteiger partial charge in [-0.05, 0) is 56.9 Å². The molecule has 0 bridgehead atoms. The summed E-state index contributed by atoms with van der Waals surface area (Å²) in [5.41, 5.74) is 8.17. The Morgan fingerprint density at radius 1 is 1.00 bits per heavy atom. The number of hydrogen-bond acceptors (Lipinski definition) is 2. The summed E-state index contributed by atoms with van der Waals surface area (Å²) in [5, 5.41) is 0. The van der Waals surface area contributed by atoms with Gasteiger partial charge in [0.05, 0.1) is 0 Å². The van der Waals surface area contributed by atoms with Crippen molar-refractivity contribution in [2.45, 2.75) is 39.5 Å². The lowest BCUT2D eigenvalue weighted by atomic mass is 10.1. The van der Waals surface area contributed by atoms with Crippen molar-refractivity contribution in [3.63, 3.8) is 0 Å². The van der Waals surface area contributed by atoms with Crippen molar-refractivity contribution < 1.29 is 0 Å². The molecule has 2 nitrogen and oxygen atoms in total. The Kier molecular flexibility index (Phi) is 6.71. The van der Waals surface area contributed by atoms with Gasteiger partial charge in [0.15, 0.2) is 0 Å². The summed E-state index contributed by atoms with van der Waals surface area (Å²) >= 11 is 0. The molecule has 0 atom stereocenters. The number of benzene rings is 1. The second-order valence-electron chi connectivity index (χ2n) is 4.64. The molecule has 0 amide bonds. The lowest BCUT2D eigenvalue weighted by Gasteiger charge is -2.20. The van der Waals surface area contributed by atoms with Crippen LogP contribution in [0.4, 0.5) is 5.69 Å². The van der Waals surface area contributed by atoms with Crippen LogP contribution in [0.2, 0.25) is 0 Å². The fraction of sp³-hybridized carbons (Fsp3) is 0.600. The van der Waals surface area contributed by atoms with Crippen molar-refractivity contribution in [3.05, 3.63) is 29.8 Å². The maximum atomic E-state index is 5.94. The minimum Gasteiger partial charge on any atom is -0.399 e. The number of hydrogen-bond donors (Lipinski definition) is 1. The Hall–Kier alpha value is -1.02. The SMILES string of the molecule is CCCN(CCC)CCCc1ccccc1N. The van der Waals surface area contributed by atoms with Gasteiger partial charge in [0.25, 0.3) is 0 Å². The van der Waals surface area contributed by atoms with E-state index in [1.807, 2.05) is 12.1 Å². The predicted molar refractivity (Wildman–Crippen MR) is 76.2 cm³/mol. The Bertz CT molecular complexity index is 304. The second kappa shape index (κ2) is 8.13. The third kappa shape index (κ3) is 5.22. The van der Waals surface area contributed by atoms with E-state index in [1.165, 1.54) is 44.5 Å². The molecule has 0 fully saturated rings. The van der Waals surface area contributed by atoms with Crippen LogP contribution in [-0.4, -0.2) is 24.5 Å². The Morgan fingerprint density at radius 2 is 1.65 bits per heavy atom. The van der Waals surface area contributed by atoms with Crippen molar-refractivity contribution in [2.75, 3.05) is 25.4 Å². The molecule has 1 aromatic carbocycles. The molecule has 96 valence electrons. The highest BCUT2D eigenvalue weighted by atomic mass is 15.1. The summed E-state index contributed by atoms with van der Waals surface area (Å²) in [4.78, 5) is 2.55. The zero-order valence-corrected chi connectivity index (χ0v) is 11.3. The Morgan fingerprint density at radius 3 is 2.24 bits per heavy atom. The van der Waals surface area contributed by atoms with Gasteiger partial charge in [-0.25, -0.2) is 0 Å². The van der Waals surface area contributed by atoms with Crippen LogP contribution in [0.5, 0.6) is 0 Å². The molecular weight excluding hydrogens is 208 g/mol. The molecule has 17 heavy (non-hydrogen) atoms. The van der Waals surface area contributed by atoms with Gasteiger partial charge >= 0.3 is 0 Å². The van der Waals surface area contributed by atoms with E-state index in [9.17, 15) is 0 Å². The van der Waals surface area contributed by atoms with Gasteiger partial charge in [-0.1, -0.05) is 32.0 Å². The second-order valence-corrected chi connectivity index (χ2v) is 4.64. The van der Waals surface area contributed by atoms with Crippen LogP contribution < -0.4 is 5.73 Å². The highest BCUT2D eigenvalue weighted by molar-refractivity contribution is 5.46. The third-order valence-corrected chi connectivity index (χ3v) is 3.06. The number of nitrogen functional groups attached to an aromatic ring is 1. The van der Waals surface area contributed by atoms with Crippen LogP contribution in [0.25, 0.3) is 0 Å². The first kappa shape index (κ1) is 14.0. The summed E-state index contributed by atoms with van der Waals surface area (Å²) in [6.07, 6.45) is 4.78. The molecule has 0 heterocycles. The van der Waals surface area contributed by atoms with Gasteiger partial charge in [-0.2, -0.15) is 0 Å². The van der Waals surface area contributed by atoms with Crippen LogP contribution in [0.15, 0.2) is 24.3 Å². The van der Waals surface area contributed by atoms with Gasteiger partial charge in [-0.3, -0.25) is 0 Å². The van der Waals surface area contributed by atoms with Crippen molar-refractivity contribution in [1.29, 1.82) is 0 Å². The molecule has 0 aliphatic rings. The van der Waals surface area contributed by atoms with Crippen molar-refractivity contribution in [2.24, 2.45) is 0 Å². The molecule has 0 aliphatic carbocycles.